The number of unbranched alkanes of at least 4 members (excludes halogenated alkanes) is 1. The molecule has 0 aromatic rings. The average Bonchev–Trinajstić information content (AvgIpc) is 2.47. The van der Waals surface area contributed by atoms with Gasteiger partial charge in [0.2, 0.25) is 5.91 Å². The van der Waals surface area contributed by atoms with Crippen LogP contribution in [0.25, 0.3) is 0 Å². The molecule has 2 amide bonds. The molecule has 2 N–H and O–H groups in total. The molecule has 8 nitrogen and oxygen atoms in total. The quantitative estimate of drug-likeness (QED) is 0.501. The lowest BCUT2D eigenvalue weighted by Crippen LogP contribution is -2.44. The van der Waals surface area contributed by atoms with E-state index in [0.717, 1.165) is 0 Å². The van der Waals surface area contributed by atoms with Crippen molar-refractivity contribution in [2.45, 2.75) is 64.5 Å². The first-order valence-electron chi connectivity index (χ1n) is 8.49. The number of esters is 1. The zero-order valence-electron chi connectivity index (χ0n) is 15.3. The predicted molar refractivity (Wildman–Crippen MR) is 89.8 cm³/mol. The molecule has 0 saturated heterocycles. The molecule has 0 aliphatic heterocycles. The normalized spacial score (nSPS) is 15.8. The minimum absolute atomic E-state index is 0.101. The van der Waals surface area contributed by atoms with Crippen LogP contribution < -0.4 is 10.6 Å². The molecule has 0 aromatic carbocycles. The predicted octanol–water partition coefficient (Wildman–Crippen LogP) is 1.32. The second-order valence-electron chi connectivity index (χ2n) is 7.15. The number of methoxy groups -OCH3 is 1. The van der Waals surface area contributed by atoms with E-state index in [0.29, 0.717) is 38.6 Å². The Kier molecular flexibility index (Phi) is 7.86. The van der Waals surface area contributed by atoms with Gasteiger partial charge in [-0.25, -0.2) is 9.59 Å². The maximum atomic E-state index is 11.8. The van der Waals surface area contributed by atoms with Gasteiger partial charge in [-0.05, 0) is 40.0 Å². The first-order chi connectivity index (χ1) is 11.6. The molecule has 1 saturated carbocycles. The van der Waals surface area contributed by atoms with E-state index < -0.39 is 23.7 Å². The number of carbonyl (C=O) groups is 4. The van der Waals surface area contributed by atoms with E-state index in [1.54, 1.807) is 20.8 Å². The van der Waals surface area contributed by atoms with Gasteiger partial charge in [-0.15, -0.1) is 0 Å². The van der Waals surface area contributed by atoms with Gasteiger partial charge in [-0.1, -0.05) is 0 Å². The van der Waals surface area contributed by atoms with E-state index >= 15 is 0 Å². The van der Waals surface area contributed by atoms with Crippen molar-refractivity contribution in [1.29, 1.82) is 0 Å². The molecule has 0 heterocycles. The molecule has 0 aromatic heterocycles. The zero-order chi connectivity index (χ0) is 19.0. The fourth-order valence-electron chi connectivity index (χ4n) is 2.35. The monoisotopic (exact) mass is 356 g/mol. The number of ether oxygens (including phenoxy) is 2. The molecule has 0 radical (unpaired) electrons. The largest absolute Gasteiger partial charge is 0.467 e. The van der Waals surface area contributed by atoms with E-state index in [-0.39, 0.29) is 17.6 Å². The highest BCUT2D eigenvalue weighted by Crippen LogP contribution is 2.22. The van der Waals surface area contributed by atoms with Crippen molar-refractivity contribution in [3.63, 3.8) is 0 Å². The maximum Gasteiger partial charge on any atom is 0.408 e. The second kappa shape index (κ2) is 9.39. The summed E-state index contributed by atoms with van der Waals surface area (Å²) in [5.74, 6) is -0.711. The first kappa shape index (κ1) is 20.9. The van der Waals surface area contributed by atoms with Crippen LogP contribution in [0.1, 0.15) is 52.9 Å². The van der Waals surface area contributed by atoms with Crippen LogP contribution in [0.3, 0.4) is 0 Å². The summed E-state index contributed by atoms with van der Waals surface area (Å²) in [5, 5.41) is 5.28. The van der Waals surface area contributed by atoms with Gasteiger partial charge in [0.05, 0.1) is 13.0 Å². The smallest absolute Gasteiger partial charge is 0.408 e. The molecule has 25 heavy (non-hydrogen) atoms. The lowest BCUT2D eigenvalue weighted by atomic mass is 9.83. The van der Waals surface area contributed by atoms with Gasteiger partial charge in [0.25, 0.3) is 0 Å². The maximum absolute atomic E-state index is 11.8. The molecule has 8 heteroatoms. The number of Topliss-reactive ketones (excluding diaryl/α,β-unsaturated/α-hetero) is 1. The van der Waals surface area contributed by atoms with Gasteiger partial charge in [0.15, 0.2) is 0 Å². The minimum Gasteiger partial charge on any atom is -0.467 e. The number of hydrogen-bond donors (Lipinski definition) is 2. The number of rotatable bonds is 8. The number of ketones is 1. The Morgan fingerprint density at radius 2 is 1.84 bits per heavy atom. The highest BCUT2D eigenvalue weighted by Gasteiger charge is 2.32. The highest BCUT2D eigenvalue weighted by molar-refractivity contribution is 5.96. The lowest BCUT2D eigenvalue weighted by Gasteiger charge is -2.23. The van der Waals surface area contributed by atoms with Gasteiger partial charge in [0, 0.05) is 19.4 Å². The summed E-state index contributed by atoms with van der Waals surface area (Å²) < 4.78 is 9.82. The fourth-order valence-corrected chi connectivity index (χ4v) is 2.35. The molecule has 142 valence electrons. The molecule has 1 atom stereocenters. The number of amides is 2. The van der Waals surface area contributed by atoms with Gasteiger partial charge >= 0.3 is 12.1 Å². The summed E-state index contributed by atoms with van der Waals surface area (Å²) >= 11 is 0. The van der Waals surface area contributed by atoms with Crippen molar-refractivity contribution in [1.82, 2.24) is 10.6 Å². The Bertz CT molecular complexity index is 504. The van der Waals surface area contributed by atoms with E-state index in [2.05, 4.69) is 10.6 Å². The third-order valence-electron chi connectivity index (χ3n) is 3.71. The van der Waals surface area contributed by atoms with Gasteiger partial charge < -0.3 is 20.1 Å². The number of hydrogen-bond acceptors (Lipinski definition) is 6. The molecule has 1 aliphatic rings. The molecule has 1 rings (SSSR count). The van der Waals surface area contributed by atoms with Crippen LogP contribution >= 0.6 is 0 Å². The molecule has 0 spiro atoms. The first-order valence-corrected chi connectivity index (χ1v) is 8.49. The summed E-state index contributed by atoms with van der Waals surface area (Å²) in [6, 6.07) is -0.792. The van der Waals surface area contributed by atoms with Crippen LogP contribution in [0.2, 0.25) is 0 Å². The van der Waals surface area contributed by atoms with Gasteiger partial charge in [-0.2, -0.15) is 0 Å². The van der Waals surface area contributed by atoms with Crippen LogP contribution in [-0.2, 0) is 23.9 Å². The topological polar surface area (TPSA) is 111 Å². The standard InChI is InChI=1S/C17H28N2O6/c1-17(2,3)25-16(23)19-13(15(22)24-4)7-5-6-8-18-14(21)11-9-12(20)10-11/h11,13H,5-10H2,1-4H3,(H,18,21)(H,19,23). The third-order valence-corrected chi connectivity index (χ3v) is 3.71. The second-order valence-corrected chi connectivity index (χ2v) is 7.15. The van der Waals surface area contributed by atoms with Crippen LogP contribution in [0.15, 0.2) is 0 Å². The van der Waals surface area contributed by atoms with Gasteiger partial charge in [0.1, 0.15) is 17.4 Å². The number of carbonyl (C=O) groups excluding carboxylic acids is 4. The molecular formula is C17H28N2O6. The Morgan fingerprint density at radius 3 is 2.36 bits per heavy atom. The van der Waals surface area contributed by atoms with E-state index in [1.807, 2.05) is 0 Å². The molecule has 1 aliphatic carbocycles. The summed E-state index contributed by atoms with van der Waals surface area (Å²) in [5.41, 5.74) is -0.655. The fraction of sp³-hybridized carbons (Fsp3) is 0.765. The average molecular weight is 356 g/mol. The van der Waals surface area contributed by atoms with E-state index in [1.165, 1.54) is 7.11 Å². The summed E-state index contributed by atoms with van der Waals surface area (Å²) in [6.07, 6.45) is 1.62. The van der Waals surface area contributed by atoms with Crippen molar-refractivity contribution < 1.29 is 28.7 Å². The summed E-state index contributed by atoms with van der Waals surface area (Å²) in [4.78, 5) is 46.1. The highest BCUT2D eigenvalue weighted by atomic mass is 16.6. The molecular weight excluding hydrogens is 328 g/mol. The van der Waals surface area contributed by atoms with Crippen LogP contribution in [0.4, 0.5) is 4.79 Å². The van der Waals surface area contributed by atoms with E-state index in [4.69, 9.17) is 9.47 Å². The molecule has 0 bridgehead atoms. The van der Waals surface area contributed by atoms with Crippen molar-refractivity contribution in [2.24, 2.45) is 5.92 Å². The summed E-state index contributed by atoms with van der Waals surface area (Å²) in [6.45, 7) is 5.66. The SMILES string of the molecule is COC(=O)C(CCCCNC(=O)C1CC(=O)C1)NC(=O)OC(C)(C)C. The number of nitrogens with one attached hydrogen (secondary N) is 2. The van der Waals surface area contributed by atoms with Crippen LogP contribution in [-0.4, -0.2) is 49.1 Å². The lowest BCUT2D eigenvalue weighted by molar-refractivity contribution is -0.143. The van der Waals surface area contributed by atoms with Crippen molar-refractivity contribution in [3.8, 4) is 0 Å². The minimum atomic E-state index is -0.792. The Balaban J connectivity index is 2.28. The number of alkyl carbamates (subject to hydrolysis) is 1. The Labute approximate surface area is 148 Å². The van der Waals surface area contributed by atoms with Crippen molar-refractivity contribution in [2.75, 3.05) is 13.7 Å². The van der Waals surface area contributed by atoms with E-state index in [9.17, 15) is 19.2 Å². The Morgan fingerprint density at radius 1 is 1.20 bits per heavy atom. The molecule has 1 unspecified atom stereocenters. The van der Waals surface area contributed by atoms with Crippen molar-refractivity contribution in [3.05, 3.63) is 0 Å². The Hall–Kier alpha value is -2.12. The van der Waals surface area contributed by atoms with Crippen molar-refractivity contribution >= 4 is 23.8 Å². The van der Waals surface area contributed by atoms with Crippen LogP contribution in [0.5, 0.6) is 0 Å². The zero-order valence-corrected chi connectivity index (χ0v) is 15.3. The summed E-state index contributed by atoms with van der Waals surface area (Å²) in [7, 11) is 1.26. The third kappa shape index (κ3) is 8.00. The van der Waals surface area contributed by atoms with Crippen LogP contribution in [0, 0.1) is 5.92 Å². The van der Waals surface area contributed by atoms with Gasteiger partial charge in [-0.3, -0.25) is 9.59 Å². The molecule has 1 fully saturated rings.